The van der Waals surface area contributed by atoms with Crippen molar-refractivity contribution in [2.45, 2.75) is 71.2 Å². The van der Waals surface area contributed by atoms with Crippen LogP contribution in [0.4, 0.5) is 4.79 Å². The first-order chi connectivity index (χ1) is 17.8. The molecule has 0 bridgehead atoms. The van der Waals surface area contributed by atoms with Crippen molar-refractivity contribution in [3.63, 3.8) is 0 Å². The fourth-order valence-corrected chi connectivity index (χ4v) is 4.53. The number of benzene rings is 1. The Balaban J connectivity index is 1.18. The summed E-state index contributed by atoms with van der Waals surface area (Å²) < 4.78 is 16.8. The predicted molar refractivity (Wildman–Crippen MR) is 138 cm³/mol. The molecule has 3 heterocycles. The second-order valence-corrected chi connectivity index (χ2v) is 10.7. The van der Waals surface area contributed by atoms with Gasteiger partial charge in [0.2, 0.25) is 0 Å². The number of carbonyl (C=O) groups excluding carboxylic acids is 2. The van der Waals surface area contributed by atoms with Gasteiger partial charge in [0.05, 0.1) is 6.10 Å². The lowest BCUT2D eigenvalue weighted by molar-refractivity contribution is -0.0190. The Morgan fingerprint density at radius 2 is 1.78 bits per heavy atom. The minimum atomic E-state index is -0.500. The van der Waals surface area contributed by atoms with Gasteiger partial charge in [-0.1, -0.05) is 5.16 Å². The Labute approximate surface area is 218 Å². The summed E-state index contributed by atoms with van der Waals surface area (Å²) in [6.45, 7) is 11.1. The average Bonchev–Trinajstić information content (AvgIpc) is 3.57. The highest BCUT2D eigenvalue weighted by Gasteiger charge is 2.27. The SMILES string of the molecule is CC(C)(C)OC(=O)N1CCC(OCc2noc(-c3ccc(C(=O)NCCCN4CCCC4)cc3)n2)CC1. The van der Waals surface area contributed by atoms with E-state index in [4.69, 9.17) is 14.0 Å². The second-order valence-electron chi connectivity index (χ2n) is 10.7. The van der Waals surface area contributed by atoms with Gasteiger partial charge in [0, 0.05) is 30.8 Å². The number of hydrogen-bond donors (Lipinski definition) is 1. The molecule has 4 rings (SSSR count). The molecule has 2 aliphatic rings. The first-order valence-electron chi connectivity index (χ1n) is 13.3. The van der Waals surface area contributed by atoms with E-state index in [0.717, 1.165) is 31.4 Å². The summed E-state index contributed by atoms with van der Waals surface area (Å²) in [7, 11) is 0. The fraction of sp³-hybridized carbons (Fsp3) is 0.630. The van der Waals surface area contributed by atoms with Gasteiger partial charge in [-0.25, -0.2) is 4.79 Å². The molecule has 0 saturated carbocycles. The number of nitrogens with zero attached hydrogens (tertiary/aromatic N) is 4. The maximum absolute atomic E-state index is 12.4. The number of nitrogens with one attached hydrogen (secondary N) is 1. The quantitative estimate of drug-likeness (QED) is 0.503. The normalized spacial score (nSPS) is 17.2. The summed E-state index contributed by atoms with van der Waals surface area (Å²) in [6, 6.07) is 7.15. The van der Waals surface area contributed by atoms with Crippen molar-refractivity contribution in [2.24, 2.45) is 0 Å². The molecule has 2 aliphatic heterocycles. The van der Waals surface area contributed by atoms with E-state index in [1.807, 2.05) is 32.9 Å². The van der Waals surface area contributed by atoms with E-state index in [1.165, 1.54) is 25.9 Å². The number of ether oxygens (including phenoxy) is 2. The van der Waals surface area contributed by atoms with Gasteiger partial charge in [-0.05, 0) is 96.8 Å². The lowest BCUT2D eigenvalue weighted by Gasteiger charge is -2.33. The Bertz CT molecular complexity index is 1020. The number of rotatable bonds is 9. The maximum atomic E-state index is 12.4. The van der Waals surface area contributed by atoms with E-state index in [0.29, 0.717) is 36.9 Å². The van der Waals surface area contributed by atoms with Crippen molar-refractivity contribution in [1.82, 2.24) is 25.3 Å². The molecule has 10 nitrogen and oxygen atoms in total. The smallest absolute Gasteiger partial charge is 0.410 e. The van der Waals surface area contributed by atoms with E-state index in [-0.39, 0.29) is 24.7 Å². The van der Waals surface area contributed by atoms with Crippen molar-refractivity contribution < 1.29 is 23.6 Å². The van der Waals surface area contributed by atoms with Crippen molar-refractivity contribution in [2.75, 3.05) is 39.3 Å². The predicted octanol–water partition coefficient (Wildman–Crippen LogP) is 3.87. The van der Waals surface area contributed by atoms with Crippen LogP contribution < -0.4 is 5.32 Å². The van der Waals surface area contributed by atoms with Crippen LogP contribution in [0.3, 0.4) is 0 Å². The number of aromatic nitrogens is 2. The first kappa shape index (κ1) is 27.1. The molecule has 1 aromatic carbocycles. The van der Waals surface area contributed by atoms with Gasteiger partial charge < -0.3 is 29.1 Å². The maximum Gasteiger partial charge on any atom is 0.410 e. The van der Waals surface area contributed by atoms with Crippen LogP contribution >= 0.6 is 0 Å². The van der Waals surface area contributed by atoms with Crippen LogP contribution in [0.15, 0.2) is 28.8 Å². The Kier molecular flexibility index (Phi) is 9.15. The number of likely N-dealkylation sites (tertiary alicyclic amines) is 2. The van der Waals surface area contributed by atoms with Gasteiger partial charge in [-0.15, -0.1) is 0 Å². The van der Waals surface area contributed by atoms with Crippen molar-refractivity contribution in [3.05, 3.63) is 35.7 Å². The Hall–Kier alpha value is -2.98. The van der Waals surface area contributed by atoms with Crippen LogP contribution in [0.2, 0.25) is 0 Å². The standard InChI is InChI=1S/C27H39N5O5/c1-27(2,3)36-26(34)32-17-11-22(12-18-32)35-19-23-29-25(37-30-23)21-9-7-20(8-10-21)24(33)28-13-6-16-31-14-4-5-15-31/h7-10,22H,4-6,11-19H2,1-3H3,(H,28,33). The van der Waals surface area contributed by atoms with Crippen molar-refractivity contribution >= 4 is 12.0 Å². The molecule has 0 aliphatic carbocycles. The van der Waals surface area contributed by atoms with Crippen molar-refractivity contribution in [1.29, 1.82) is 0 Å². The molecule has 2 amide bonds. The number of hydrogen-bond acceptors (Lipinski definition) is 8. The summed E-state index contributed by atoms with van der Waals surface area (Å²) >= 11 is 0. The molecule has 1 N–H and O–H groups in total. The zero-order valence-electron chi connectivity index (χ0n) is 22.2. The largest absolute Gasteiger partial charge is 0.444 e. The molecule has 2 saturated heterocycles. The molecule has 10 heteroatoms. The number of carbonyl (C=O) groups is 2. The van der Waals surface area contributed by atoms with Crippen LogP contribution in [-0.2, 0) is 16.1 Å². The van der Waals surface area contributed by atoms with Crippen LogP contribution in [0, 0.1) is 0 Å². The molecule has 37 heavy (non-hydrogen) atoms. The van der Waals surface area contributed by atoms with E-state index < -0.39 is 5.60 Å². The highest BCUT2D eigenvalue weighted by Crippen LogP contribution is 2.21. The third-order valence-electron chi connectivity index (χ3n) is 6.54. The van der Waals surface area contributed by atoms with Gasteiger partial charge >= 0.3 is 6.09 Å². The lowest BCUT2D eigenvalue weighted by atomic mass is 10.1. The molecule has 2 aromatic rings. The minimum Gasteiger partial charge on any atom is -0.444 e. The topological polar surface area (TPSA) is 110 Å². The van der Waals surface area contributed by atoms with E-state index >= 15 is 0 Å². The lowest BCUT2D eigenvalue weighted by Crippen LogP contribution is -2.43. The van der Waals surface area contributed by atoms with Crippen LogP contribution in [0.25, 0.3) is 11.5 Å². The van der Waals surface area contributed by atoms with E-state index in [2.05, 4.69) is 20.4 Å². The monoisotopic (exact) mass is 513 g/mol. The zero-order chi connectivity index (χ0) is 26.3. The summed E-state index contributed by atoms with van der Waals surface area (Å²) in [5, 5.41) is 7.01. The van der Waals surface area contributed by atoms with E-state index in [9.17, 15) is 9.59 Å². The van der Waals surface area contributed by atoms with Gasteiger partial charge in [-0.2, -0.15) is 4.98 Å². The molecule has 0 atom stereocenters. The summed E-state index contributed by atoms with van der Waals surface area (Å²) in [4.78, 5) is 33.2. The number of amides is 2. The second kappa shape index (κ2) is 12.5. The average molecular weight is 514 g/mol. The van der Waals surface area contributed by atoms with Crippen LogP contribution in [0.1, 0.15) is 69.1 Å². The first-order valence-corrected chi connectivity index (χ1v) is 13.3. The third-order valence-corrected chi connectivity index (χ3v) is 6.54. The molecule has 1 aromatic heterocycles. The minimum absolute atomic E-state index is 0.0220. The zero-order valence-corrected chi connectivity index (χ0v) is 22.2. The molecular formula is C27H39N5O5. The Morgan fingerprint density at radius 3 is 2.46 bits per heavy atom. The fourth-order valence-electron chi connectivity index (χ4n) is 4.53. The number of piperidine rings is 1. The summed E-state index contributed by atoms with van der Waals surface area (Å²) in [5.74, 6) is 0.769. The molecule has 0 radical (unpaired) electrons. The molecule has 0 unspecified atom stereocenters. The van der Waals surface area contributed by atoms with Gasteiger partial charge in [-0.3, -0.25) is 4.79 Å². The van der Waals surface area contributed by atoms with Crippen molar-refractivity contribution in [3.8, 4) is 11.5 Å². The molecule has 0 spiro atoms. The molecule has 2 fully saturated rings. The molecular weight excluding hydrogens is 474 g/mol. The van der Waals surface area contributed by atoms with E-state index in [1.54, 1.807) is 17.0 Å². The Morgan fingerprint density at radius 1 is 1.08 bits per heavy atom. The summed E-state index contributed by atoms with van der Waals surface area (Å²) in [6.07, 6.45) is 4.72. The highest BCUT2D eigenvalue weighted by atomic mass is 16.6. The highest BCUT2D eigenvalue weighted by molar-refractivity contribution is 5.94. The molecule has 202 valence electrons. The van der Waals surface area contributed by atoms with Crippen LogP contribution in [-0.4, -0.2) is 82.9 Å². The van der Waals surface area contributed by atoms with Gasteiger partial charge in [0.1, 0.15) is 12.2 Å². The van der Waals surface area contributed by atoms with Gasteiger partial charge in [0.15, 0.2) is 5.82 Å². The summed E-state index contributed by atoms with van der Waals surface area (Å²) in [5.41, 5.74) is 0.848. The van der Waals surface area contributed by atoms with Crippen LogP contribution in [0.5, 0.6) is 0 Å². The third kappa shape index (κ3) is 8.26. The van der Waals surface area contributed by atoms with Gasteiger partial charge in [0.25, 0.3) is 11.8 Å².